The van der Waals surface area contributed by atoms with Gasteiger partial charge in [0.25, 0.3) is 0 Å². The average Bonchev–Trinajstić information content (AvgIpc) is 0.958. The van der Waals surface area contributed by atoms with E-state index in [1.165, 1.54) is 83.0 Å². The number of rotatable bonds is 30. The number of piperazine rings is 1. The first kappa shape index (κ1) is 126. The number of ether oxygens (including phenoxy) is 2. The van der Waals surface area contributed by atoms with Gasteiger partial charge in [-0.3, -0.25) is 4.90 Å². The number of nitrogens with zero attached hydrogens (tertiary/aromatic N) is 5. The van der Waals surface area contributed by atoms with Crippen LogP contribution in [0.4, 0.5) is 0 Å². The number of likely N-dealkylation sites (tertiary alicyclic amines) is 2. The Kier molecular flexibility index (Phi) is 55.7. The van der Waals surface area contributed by atoms with Crippen molar-refractivity contribution >= 4 is 83.3 Å². The molecule has 1 saturated carbocycles. The van der Waals surface area contributed by atoms with Crippen LogP contribution in [0.5, 0.6) is 5.75 Å². The molecule has 146 heavy (non-hydrogen) atoms. The average molecular weight is 2160 g/mol. The molecule has 5 N–H and O–H groups in total. The fraction of sp³-hybridized carbons (Fsp3) is 0.439. The highest BCUT2D eigenvalue weighted by Gasteiger charge is 2.29. The van der Waals surface area contributed by atoms with Crippen molar-refractivity contribution in [3.8, 4) is 5.75 Å². The van der Waals surface area contributed by atoms with E-state index in [1.807, 2.05) is 164 Å². The van der Waals surface area contributed by atoms with Gasteiger partial charge >= 0.3 is 0 Å². The minimum absolute atomic E-state index is 0.120. The molecule has 24 nitrogen and oxygen atoms in total. The molecule has 802 valence electrons. The fourth-order valence-corrected chi connectivity index (χ4v) is 23.8. The molecule has 0 amide bonds. The van der Waals surface area contributed by atoms with E-state index < -0.39 is 60.1 Å². The second-order valence-electron chi connectivity index (χ2n) is 37.9. The molecule has 11 aromatic rings. The topological polar surface area (TPSA) is 301 Å². The van der Waals surface area contributed by atoms with Gasteiger partial charge in [-0.05, 0) is 333 Å². The summed E-state index contributed by atoms with van der Waals surface area (Å²) in [5.74, 6) is 0.964. The largest absolute Gasteiger partial charge is 0.496 e. The number of methoxy groups -OCH3 is 2. The summed E-state index contributed by atoms with van der Waals surface area (Å²) in [4.78, 5) is 9.05. The van der Waals surface area contributed by atoms with Gasteiger partial charge in [0.15, 0.2) is 0 Å². The van der Waals surface area contributed by atoms with Crippen LogP contribution in [0.25, 0.3) is 0 Å². The molecule has 3 aliphatic heterocycles. The molecular formula is C114H162Cl2N10O14S6. The third kappa shape index (κ3) is 48.0. The van der Waals surface area contributed by atoms with E-state index in [-0.39, 0.29) is 6.04 Å². The first-order valence-corrected chi connectivity index (χ1v) is 60.0. The summed E-state index contributed by atoms with van der Waals surface area (Å²) in [6, 6.07) is 70.8. The molecule has 1 unspecified atom stereocenters. The Balaban J connectivity index is 0.000000251. The zero-order chi connectivity index (χ0) is 108. The highest BCUT2D eigenvalue weighted by atomic mass is 35.5. The molecule has 0 radical (unpaired) electrons. The number of aromatic nitrogens is 1. The Morgan fingerprint density at radius 2 is 0.692 bits per heavy atom. The normalized spacial score (nSPS) is 14.8. The lowest BCUT2D eigenvalue weighted by Crippen LogP contribution is -2.49. The summed E-state index contributed by atoms with van der Waals surface area (Å²) in [7, 11) is -14.6. The van der Waals surface area contributed by atoms with Crippen molar-refractivity contribution in [2.24, 2.45) is 0 Å². The second-order valence-corrected chi connectivity index (χ2v) is 49.5. The van der Waals surface area contributed by atoms with Gasteiger partial charge in [0.05, 0.1) is 43.1 Å². The van der Waals surface area contributed by atoms with Gasteiger partial charge in [-0.2, -0.15) is 4.31 Å². The first-order chi connectivity index (χ1) is 69.1. The lowest BCUT2D eigenvalue weighted by atomic mass is 9.96. The standard InChI is InChI=1S/C15H24N2O2S.C14H22N2O3S.C14H22N2O2S.C14H18N2O2S.C13H19NO2S.C10H15NO2S.C9H12O.2C9H12.C7H6Cl2/c1-14-6-8-15(9-7-14)20(18,19)16-10-5-13-17-11-3-2-4-12-17;1-13-3-5-14(6-4-13)20(17,18)16-9-7-15(8-10-16)11-12-19-2;1-12-5-7-14(8-6-12)19(17,18)15-10-9-13-4-3-11-16(13)2;1-13-5-7-14(8-6-13)19(17,18)15-9-4-12-16-10-2-3-11-16;1-11-7-9-13(10-8-11)17(15,16)14-12-5-3-2-4-6-12;1-3-8-11-14(12,13)10-6-4-9(2)5-7-10;1-7-4-5-9(10-3)8(2)6-7;1-7-4-8(2)6-9(3)5-7;1-7-4-5-8(2)9(3)6-7;1-5-2-6(8)4-7(9)3-5/h6-9,16H,2-5,10-13H2,1H3;3-6H,7-12H2,1-2H3;5-8,13,15H,3-4,9-11H2,1-2H3;2-3,5-8,10-11,15H,4,9,12H2,1H3;7-10,12,14H,2-6H2,1H3;4-7,11H,3,8H2,1-2H3;4-6H,1-3H3;2*4-6H,1-3H3;2-4H,1H3. The summed E-state index contributed by atoms with van der Waals surface area (Å²) in [5, 5.41) is 1.39. The number of aryl methyl sites for hydroxylation is 16. The highest BCUT2D eigenvalue weighted by molar-refractivity contribution is 7.90. The van der Waals surface area contributed by atoms with Crippen molar-refractivity contribution in [3.05, 3.63) is 336 Å². The maximum Gasteiger partial charge on any atom is 0.243 e. The van der Waals surface area contributed by atoms with E-state index in [1.54, 1.807) is 122 Å². The SMILES string of the molecule is CCCNS(=O)(=O)c1ccc(C)cc1.COCCN1CCN(S(=O)(=O)c2ccc(C)cc2)CC1.COc1ccc(C)cc1C.Cc1cc(C)cc(C)c1.Cc1cc(Cl)cc(Cl)c1.Cc1ccc(C)c(C)c1.Cc1ccc(S(=O)(=O)NC2CCCCC2)cc1.Cc1ccc(S(=O)(=O)NCCC2CCCN2C)cc1.Cc1ccc(S(=O)(=O)NCCCN2CCCCC2)cc1.Cc1ccc(S(=O)(=O)NCCCn2cccc2)cc1. The molecule has 1 aliphatic carbocycles. The van der Waals surface area contributed by atoms with Crippen LogP contribution >= 0.6 is 23.2 Å². The van der Waals surface area contributed by atoms with Crippen LogP contribution in [0, 0.1) is 104 Å². The van der Waals surface area contributed by atoms with Crippen LogP contribution in [0.2, 0.25) is 10.0 Å². The van der Waals surface area contributed by atoms with E-state index in [0.717, 1.165) is 148 Å². The quantitative estimate of drug-likeness (QED) is 0.0261. The maximum atomic E-state index is 12.5. The van der Waals surface area contributed by atoms with Crippen LogP contribution in [-0.4, -0.2) is 199 Å². The summed E-state index contributed by atoms with van der Waals surface area (Å²) in [6.45, 7) is 43.7. The zero-order valence-corrected chi connectivity index (χ0v) is 95.8. The summed E-state index contributed by atoms with van der Waals surface area (Å²) in [6.07, 6.45) is 18.9. The van der Waals surface area contributed by atoms with Crippen molar-refractivity contribution < 1.29 is 60.0 Å². The van der Waals surface area contributed by atoms with Crippen LogP contribution in [0.15, 0.2) is 272 Å². The minimum Gasteiger partial charge on any atom is -0.496 e. The van der Waals surface area contributed by atoms with Gasteiger partial charge in [-0.1, -0.05) is 238 Å². The van der Waals surface area contributed by atoms with Crippen molar-refractivity contribution in [3.63, 3.8) is 0 Å². The number of hydrogen-bond donors (Lipinski definition) is 5. The van der Waals surface area contributed by atoms with Crippen molar-refractivity contribution in [1.82, 2.24) is 47.2 Å². The molecule has 3 saturated heterocycles. The number of halogens is 2. The van der Waals surface area contributed by atoms with Crippen molar-refractivity contribution in [2.75, 3.05) is 113 Å². The summed E-state index contributed by atoms with van der Waals surface area (Å²) in [5.41, 5.74) is 18.1. The third-order valence-corrected chi connectivity index (χ3v) is 34.5. The van der Waals surface area contributed by atoms with Gasteiger partial charge < -0.3 is 23.8 Å². The number of sulfonamides is 6. The van der Waals surface area contributed by atoms with E-state index in [0.29, 0.717) is 91.3 Å². The van der Waals surface area contributed by atoms with E-state index >= 15 is 0 Å². The van der Waals surface area contributed by atoms with Crippen LogP contribution in [-0.2, 0) is 71.4 Å². The lowest BCUT2D eigenvalue weighted by molar-refractivity contribution is 0.123. The highest BCUT2D eigenvalue weighted by Crippen LogP contribution is 2.26. The van der Waals surface area contributed by atoms with Gasteiger partial charge in [0, 0.05) is 107 Å². The molecule has 4 fully saturated rings. The number of piperidine rings is 1. The minimum atomic E-state index is -3.38. The number of benzene rings is 10. The van der Waals surface area contributed by atoms with Crippen LogP contribution < -0.4 is 28.3 Å². The molecule has 4 aliphatic rings. The van der Waals surface area contributed by atoms with Crippen LogP contribution in [0.1, 0.15) is 180 Å². The van der Waals surface area contributed by atoms with Gasteiger partial charge in [0.1, 0.15) is 5.75 Å². The number of nitrogens with one attached hydrogen (secondary N) is 5. The molecule has 0 bridgehead atoms. The smallest absolute Gasteiger partial charge is 0.243 e. The molecule has 10 aromatic carbocycles. The third-order valence-electron chi connectivity index (χ3n) is 24.7. The molecule has 0 spiro atoms. The molecule has 1 atom stereocenters. The number of hydrogen-bond acceptors (Lipinski definition) is 17. The second kappa shape index (κ2) is 64.6. The Bertz CT molecular complexity index is 6250. The van der Waals surface area contributed by atoms with E-state index in [9.17, 15) is 50.5 Å². The Morgan fingerprint density at radius 1 is 0.329 bits per heavy atom. The fourth-order valence-electron chi connectivity index (χ4n) is 16.1. The van der Waals surface area contributed by atoms with Gasteiger partial charge in [-0.15, -0.1) is 0 Å². The summed E-state index contributed by atoms with van der Waals surface area (Å²) >= 11 is 11.3. The lowest BCUT2D eigenvalue weighted by Gasteiger charge is -2.33. The van der Waals surface area contributed by atoms with Gasteiger partial charge in [0.2, 0.25) is 60.1 Å². The zero-order valence-electron chi connectivity index (χ0n) is 89.4. The van der Waals surface area contributed by atoms with E-state index in [4.69, 9.17) is 32.7 Å². The molecule has 4 heterocycles. The Morgan fingerprint density at radius 3 is 1.07 bits per heavy atom. The molecule has 15 rings (SSSR count). The van der Waals surface area contributed by atoms with Crippen LogP contribution in [0.3, 0.4) is 0 Å². The Hall–Kier alpha value is -8.84. The first-order valence-electron chi connectivity index (χ1n) is 50.4. The van der Waals surface area contributed by atoms with Crippen molar-refractivity contribution in [1.29, 1.82) is 0 Å². The predicted molar refractivity (Wildman–Crippen MR) is 602 cm³/mol. The van der Waals surface area contributed by atoms with Gasteiger partial charge in [-0.25, -0.2) is 74.1 Å². The molecule has 32 heteroatoms. The molecular weight excluding hydrogens is 2000 g/mol. The molecule has 1 aromatic heterocycles. The monoisotopic (exact) mass is 2160 g/mol. The van der Waals surface area contributed by atoms with E-state index in [2.05, 4.69) is 136 Å². The summed E-state index contributed by atoms with van der Waals surface area (Å²) < 4.78 is 172. The maximum absolute atomic E-state index is 12.5. The van der Waals surface area contributed by atoms with Crippen molar-refractivity contribution in [2.45, 2.75) is 249 Å². The predicted octanol–water partition coefficient (Wildman–Crippen LogP) is 22.1. The Labute approximate surface area is 887 Å².